The normalized spacial score (nSPS) is 12.0. The van der Waals surface area contributed by atoms with E-state index in [9.17, 15) is 14.4 Å². The van der Waals surface area contributed by atoms with Crippen molar-refractivity contribution < 1.29 is 28.6 Å². The van der Waals surface area contributed by atoms with Crippen LogP contribution in [-0.2, 0) is 28.6 Å². The quantitative estimate of drug-likeness (QED) is 0.0344. The Kier molecular flexibility index (Phi) is 49.6. The summed E-state index contributed by atoms with van der Waals surface area (Å²) in [7, 11) is 0. The van der Waals surface area contributed by atoms with E-state index in [1.54, 1.807) is 0 Å². The van der Waals surface area contributed by atoms with Gasteiger partial charge in [0.05, 0.1) is 0 Å². The van der Waals surface area contributed by atoms with Gasteiger partial charge in [-0.05, 0) is 31.1 Å². The van der Waals surface area contributed by atoms with Crippen molar-refractivity contribution in [3.05, 3.63) is 0 Å². The first-order valence-corrected chi connectivity index (χ1v) is 28.7. The van der Waals surface area contributed by atoms with Crippen molar-refractivity contribution >= 4 is 17.9 Å². The van der Waals surface area contributed by atoms with E-state index in [1.165, 1.54) is 212 Å². The van der Waals surface area contributed by atoms with Crippen LogP contribution in [0.4, 0.5) is 0 Å². The minimum absolute atomic E-state index is 0.0627. The number of unbranched alkanes of at least 4 members (excludes halogenated alkanes) is 37. The second-order valence-electron chi connectivity index (χ2n) is 20.9. The summed E-state index contributed by atoms with van der Waals surface area (Å²) in [6.07, 6.45) is 53.8. The van der Waals surface area contributed by atoms with Gasteiger partial charge < -0.3 is 14.2 Å². The first kappa shape index (κ1) is 62.4. The fraction of sp³-hybridized carbons (Fsp3) is 0.948. The zero-order valence-corrected chi connectivity index (χ0v) is 43.9. The van der Waals surface area contributed by atoms with Gasteiger partial charge in [-0.1, -0.05) is 285 Å². The van der Waals surface area contributed by atoms with Crippen LogP contribution in [0.5, 0.6) is 0 Å². The van der Waals surface area contributed by atoms with Gasteiger partial charge in [-0.2, -0.15) is 0 Å². The first-order valence-electron chi connectivity index (χ1n) is 28.7. The van der Waals surface area contributed by atoms with E-state index in [0.29, 0.717) is 19.3 Å². The third-order valence-electron chi connectivity index (χ3n) is 13.2. The van der Waals surface area contributed by atoms with E-state index in [2.05, 4.69) is 34.6 Å². The number of hydrogen-bond acceptors (Lipinski definition) is 6. The third-order valence-corrected chi connectivity index (χ3v) is 13.2. The number of ether oxygens (including phenoxy) is 3. The van der Waals surface area contributed by atoms with Gasteiger partial charge in [-0.15, -0.1) is 0 Å². The highest BCUT2D eigenvalue weighted by Gasteiger charge is 2.19. The molecule has 0 N–H and O–H groups in total. The molecule has 64 heavy (non-hydrogen) atoms. The Morgan fingerprint density at radius 2 is 0.516 bits per heavy atom. The van der Waals surface area contributed by atoms with Crippen molar-refractivity contribution in [1.29, 1.82) is 0 Å². The molecule has 0 amide bonds. The van der Waals surface area contributed by atoms with Crippen molar-refractivity contribution in [2.24, 2.45) is 11.8 Å². The molecule has 0 heterocycles. The van der Waals surface area contributed by atoms with Crippen LogP contribution in [0.2, 0.25) is 0 Å². The van der Waals surface area contributed by atoms with Crippen LogP contribution in [0.3, 0.4) is 0 Å². The SMILES string of the molecule is CCCCCCCCCCCCCCCCC(=O)OC[C@@H](COC(=O)CCCCCCCCCCCCCC(C)C)OC(=O)CCCCCCCCCCCCCCCCCC(C)C. The monoisotopic (exact) mass is 905 g/mol. The summed E-state index contributed by atoms with van der Waals surface area (Å²) >= 11 is 0. The number of esters is 3. The second kappa shape index (κ2) is 50.8. The lowest BCUT2D eigenvalue weighted by Gasteiger charge is -2.18. The van der Waals surface area contributed by atoms with Crippen LogP contribution in [-0.4, -0.2) is 37.2 Å². The zero-order chi connectivity index (χ0) is 46.8. The second-order valence-corrected chi connectivity index (χ2v) is 20.9. The van der Waals surface area contributed by atoms with Gasteiger partial charge in [0.15, 0.2) is 6.10 Å². The molecule has 6 heteroatoms. The van der Waals surface area contributed by atoms with Crippen LogP contribution in [0.1, 0.15) is 324 Å². The van der Waals surface area contributed by atoms with Crippen LogP contribution < -0.4 is 0 Å². The van der Waals surface area contributed by atoms with E-state index in [4.69, 9.17) is 14.2 Å². The molecule has 0 fully saturated rings. The van der Waals surface area contributed by atoms with Crippen molar-refractivity contribution in [2.75, 3.05) is 13.2 Å². The predicted molar refractivity (Wildman–Crippen MR) is 275 cm³/mol. The van der Waals surface area contributed by atoms with Crippen LogP contribution >= 0.6 is 0 Å². The molecule has 0 aliphatic heterocycles. The van der Waals surface area contributed by atoms with Gasteiger partial charge in [0.25, 0.3) is 0 Å². The minimum Gasteiger partial charge on any atom is -0.462 e. The van der Waals surface area contributed by atoms with Gasteiger partial charge >= 0.3 is 17.9 Å². The highest BCUT2D eigenvalue weighted by Crippen LogP contribution is 2.18. The summed E-state index contributed by atoms with van der Waals surface area (Å²) in [5.74, 6) is 0.835. The molecular formula is C58H112O6. The lowest BCUT2D eigenvalue weighted by Crippen LogP contribution is -2.30. The summed E-state index contributed by atoms with van der Waals surface area (Å²) in [5.41, 5.74) is 0. The Labute approximate surface area is 399 Å². The predicted octanol–water partition coefficient (Wildman–Crippen LogP) is 18.9. The molecule has 0 bridgehead atoms. The van der Waals surface area contributed by atoms with E-state index < -0.39 is 6.10 Å². The van der Waals surface area contributed by atoms with Crippen molar-refractivity contribution in [1.82, 2.24) is 0 Å². The molecule has 0 aromatic rings. The maximum absolute atomic E-state index is 12.9. The van der Waals surface area contributed by atoms with Crippen LogP contribution in [0.25, 0.3) is 0 Å². The Morgan fingerprint density at radius 1 is 0.297 bits per heavy atom. The van der Waals surface area contributed by atoms with Crippen molar-refractivity contribution in [3.63, 3.8) is 0 Å². The molecule has 0 aliphatic carbocycles. The molecule has 0 rings (SSSR count). The van der Waals surface area contributed by atoms with Gasteiger partial charge in [0, 0.05) is 19.3 Å². The zero-order valence-electron chi connectivity index (χ0n) is 43.9. The Hall–Kier alpha value is -1.59. The maximum atomic E-state index is 12.9. The molecule has 0 saturated heterocycles. The van der Waals surface area contributed by atoms with E-state index >= 15 is 0 Å². The summed E-state index contributed by atoms with van der Waals surface area (Å²) < 4.78 is 16.9. The highest BCUT2D eigenvalue weighted by atomic mass is 16.6. The molecule has 6 nitrogen and oxygen atoms in total. The maximum Gasteiger partial charge on any atom is 0.306 e. The Morgan fingerprint density at radius 3 is 0.766 bits per heavy atom. The summed E-state index contributed by atoms with van der Waals surface area (Å²) in [4.78, 5) is 38.1. The van der Waals surface area contributed by atoms with E-state index in [0.717, 1.165) is 69.6 Å². The van der Waals surface area contributed by atoms with E-state index in [1.807, 2.05) is 0 Å². The Balaban J connectivity index is 4.30. The molecule has 0 aromatic carbocycles. The average Bonchev–Trinajstić information content (AvgIpc) is 3.27. The minimum atomic E-state index is -0.762. The smallest absolute Gasteiger partial charge is 0.306 e. The fourth-order valence-electron chi connectivity index (χ4n) is 8.87. The number of carbonyl (C=O) groups is 3. The van der Waals surface area contributed by atoms with Crippen molar-refractivity contribution in [3.8, 4) is 0 Å². The van der Waals surface area contributed by atoms with Gasteiger partial charge in [-0.3, -0.25) is 14.4 Å². The molecular weight excluding hydrogens is 793 g/mol. The van der Waals surface area contributed by atoms with Crippen LogP contribution in [0, 0.1) is 11.8 Å². The van der Waals surface area contributed by atoms with Gasteiger partial charge in [0.2, 0.25) is 0 Å². The molecule has 0 aliphatic rings. The number of rotatable bonds is 52. The van der Waals surface area contributed by atoms with Gasteiger partial charge in [0.1, 0.15) is 13.2 Å². The molecule has 0 saturated carbocycles. The Bertz CT molecular complexity index is 978. The third kappa shape index (κ3) is 51.4. The number of carbonyl (C=O) groups excluding carboxylic acids is 3. The van der Waals surface area contributed by atoms with Crippen LogP contribution in [0.15, 0.2) is 0 Å². The van der Waals surface area contributed by atoms with Crippen molar-refractivity contribution in [2.45, 2.75) is 330 Å². The lowest BCUT2D eigenvalue weighted by molar-refractivity contribution is -0.167. The lowest BCUT2D eigenvalue weighted by atomic mass is 10.0. The standard InChI is InChI=1S/C58H112O6/c1-6-7-8-9-10-11-12-13-18-23-28-33-38-43-48-56(59)62-51-55(52-63-57(60)49-44-39-34-29-25-20-22-27-32-37-42-47-54(4)5)64-58(61)50-45-40-35-30-24-19-16-14-15-17-21-26-31-36-41-46-53(2)3/h53-55H,6-52H2,1-5H3/t55-/m0/s1. The molecule has 0 spiro atoms. The van der Waals surface area contributed by atoms with Gasteiger partial charge in [-0.25, -0.2) is 0 Å². The fourth-order valence-corrected chi connectivity index (χ4v) is 8.87. The topological polar surface area (TPSA) is 78.9 Å². The summed E-state index contributed by atoms with van der Waals surface area (Å²) in [6, 6.07) is 0. The molecule has 0 radical (unpaired) electrons. The summed E-state index contributed by atoms with van der Waals surface area (Å²) in [6.45, 7) is 11.4. The molecule has 0 unspecified atom stereocenters. The summed E-state index contributed by atoms with van der Waals surface area (Å²) in [5, 5.41) is 0. The molecule has 1 atom stereocenters. The molecule has 0 aromatic heterocycles. The first-order chi connectivity index (χ1) is 31.2. The molecule has 380 valence electrons. The average molecular weight is 906 g/mol. The number of hydrogen-bond donors (Lipinski definition) is 0. The largest absolute Gasteiger partial charge is 0.462 e. The van der Waals surface area contributed by atoms with E-state index in [-0.39, 0.29) is 31.1 Å². The highest BCUT2D eigenvalue weighted by molar-refractivity contribution is 5.71.